The van der Waals surface area contributed by atoms with Crippen LogP contribution in [0.4, 0.5) is 14.5 Å². The van der Waals surface area contributed by atoms with E-state index in [0.29, 0.717) is 11.4 Å². The van der Waals surface area contributed by atoms with Crippen LogP contribution in [0.2, 0.25) is 0 Å². The molecule has 0 saturated heterocycles. The third-order valence-corrected chi connectivity index (χ3v) is 2.03. The van der Waals surface area contributed by atoms with Crippen molar-refractivity contribution in [3.63, 3.8) is 0 Å². The van der Waals surface area contributed by atoms with Gasteiger partial charge in [0.2, 0.25) is 0 Å². The molecule has 17 heavy (non-hydrogen) atoms. The summed E-state index contributed by atoms with van der Waals surface area (Å²) >= 11 is 0. The predicted octanol–water partition coefficient (Wildman–Crippen LogP) is 0.619. The number of nitrogens with one attached hydrogen (secondary N) is 1. The van der Waals surface area contributed by atoms with E-state index in [0.717, 1.165) is 0 Å². The van der Waals surface area contributed by atoms with Crippen LogP contribution in [0.25, 0.3) is 0 Å². The first kappa shape index (κ1) is 13.4. The molecule has 96 valence electrons. The number of carbonyl (C=O) groups is 1. The molecule has 0 aromatic carbocycles. The van der Waals surface area contributed by atoms with E-state index in [9.17, 15) is 13.6 Å². The minimum Gasteiger partial charge on any atom is -0.397 e. The van der Waals surface area contributed by atoms with E-state index >= 15 is 0 Å². The third kappa shape index (κ3) is 4.39. The van der Waals surface area contributed by atoms with Gasteiger partial charge >= 0.3 is 0 Å². The van der Waals surface area contributed by atoms with Gasteiger partial charge < -0.3 is 20.4 Å². The van der Waals surface area contributed by atoms with E-state index in [1.165, 1.54) is 6.07 Å². The number of nitrogens with zero attached hydrogens (tertiary/aromatic N) is 1. The fourth-order valence-electron chi connectivity index (χ4n) is 1.32. The number of ether oxygens (including phenoxy) is 1. The third-order valence-electron chi connectivity index (χ3n) is 2.03. The Hall–Kier alpha value is -1.63. The summed E-state index contributed by atoms with van der Waals surface area (Å²) < 4.78 is 29.6. The minimum absolute atomic E-state index is 0.0516. The van der Waals surface area contributed by atoms with Crippen LogP contribution < -0.4 is 11.1 Å². The minimum atomic E-state index is -2.49. The molecule has 1 aromatic rings. The Morgan fingerprint density at radius 3 is 2.88 bits per heavy atom. The molecule has 0 aliphatic heterocycles. The maximum atomic E-state index is 11.7. The number of alkyl halides is 2. The lowest BCUT2D eigenvalue weighted by Gasteiger charge is -2.06. The van der Waals surface area contributed by atoms with Gasteiger partial charge in [0.05, 0.1) is 12.3 Å². The summed E-state index contributed by atoms with van der Waals surface area (Å²) in [7, 11) is 1.69. The van der Waals surface area contributed by atoms with Crippen LogP contribution in [-0.4, -0.2) is 36.7 Å². The summed E-state index contributed by atoms with van der Waals surface area (Å²) in [5, 5.41) is 2.54. The molecule has 3 N–H and O–H groups in total. The standard InChI is InChI=1S/C10H15F2N3O2/c1-15-5-7(13)4-8(15)10(16)14-2-3-17-6-9(11)12/h4-5,9H,2-3,6,13H2,1H3,(H,14,16). The molecule has 1 aromatic heterocycles. The number of nitrogens with two attached hydrogens (primary N) is 1. The lowest BCUT2D eigenvalue weighted by molar-refractivity contribution is 0.0188. The molecular formula is C10H15F2N3O2. The van der Waals surface area contributed by atoms with Crippen molar-refractivity contribution in [3.05, 3.63) is 18.0 Å². The maximum absolute atomic E-state index is 11.7. The Morgan fingerprint density at radius 2 is 2.35 bits per heavy atom. The molecule has 0 atom stereocenters. The number of rotatable bonds is 6. The average molecular weight is 247 g/mol. The second-order valence-electron chi connectivity index (χ2n) is 3.49. The van der Waals surface area contributed by atoms with Gasteiger partial charge in [-0.15, -0.1) is 0 Å². The quantitative estimate of drug-likeness (QED) is 0.724. The van der Waals surface area contributed by atoms with Crippen molar-refractivity contribution in [2.24, 2.45) is 7.05 Å². The summed E-state index contributed by atoms with van der Waals surface area (Å²) in [6.45, 7) is -0.389. The van der Waals surface area contributed by atoms with E-state index in [4.69, 9.17) is 5.73 Å². The number of nitrogen functional groups attached to an aromatic ring is 1. The predicted molar refractivity (Wildman–Crippen MR) is 59.0 cm³/mol. The highest BCUT2D eigenvalue weighted by Gasteiger charge is 2.10. The second-order valence-corrected chi connectivity index (χ2v) is 3.49. The molecule has 0 aliphatic carbocycles. The number of carbonyl (C=O) groups excluding carboxylic acids is 1. The largest absolute Gasteiger partial charge is 0.397 e. The van der Waals surface area contributed by atoms with Gasteiger partial charge in [0.15, 0.2) is 0 Å². The summed E-state index contributed by atoms with van der Waals surface area (Å²) in [5.74, 6) is -0.315. The smallest absolute Gasteiger partial charge is 0.268 e. The van der Waals surface area contributed by atoms with E-state index in [1.807, 2.05) is 0 Å². The van der Waals surface area contributed by atoms with Crippen LogP contribution in [0.1, 0.15) is 10.5 Å². The van der Waals surface area contributed by atoms with Crippen LogP contribution >= 0.6 is 0 Å². The van der Waals surface area contributed by atoms with Crippen molar-refractivity contribution in [2.45, 2.75) is 6.43 Å². The van der Waals surface area contributed by atoms with Crippen LogP contribution in [0.15, 0.2) is 12.3 Å². The topological polar surface area (TPSA) is 69.3 Å². The van der Waals surface area contributed by atoms with Crippen LogP contribution in [0, 0.1) is 0 Å². The zero-order valence-electron chi connectivity index (χ0n) is 9.45. The van der Waals surface area contributed by atoms with Crippen molar-refractivity contribution >= 4 is 11.6 Å². The van der Waals surface area contributed by atoms with Crippen molar-refractivity contribution in [1.82, 2.24) is 9.88 Å². The highest BCUT2D eigenvalue weighted by Crippen LogP contribution is 2.07. The number of hydrogen-bond acceptors (Lipinski definition) is 3. The first-order chi connectivity index (χ1) is 8.00. The Kier molecular flexibility index (Phi) is 4.89. The number of aryl methyl sites for hydroxylation is 1. The SMILES string of the molecule is Cn1cc(N)cc1C(=O)NCCOCC(F)F. The van der Waals surface area contributed by atoms with E-state index < -0.39 is 13.0 Å². The van der Waals surface area contributed by atoms with Gasteiger partial charge in [-0.3, -0.25) is 4.79 Å². The van der Waals surface area contributed by atoms with Gasteiger partial charge in [0, 0.05) is 19.8 Å². The maximum Gasteiger partial charge on any atom is 0.268 e. The first-order valence-electron chi connectivity index (χ1n) is 5.06. The summed E-state index contributed by atoms with van der Waals surface area (Å²) in [5.41, 5.74) is 6.42. The fraction of sp³-hybridized carbons (Fsp3) is 0.500. The molecule has 0 fully saturated rings. The molecule has 0 unspecified atom stereocenters. The van der Waals surface area contributed by atoms with Gasteiger partial charge in [0.1, 0.15) is 12.3 Å². The highest BCUT2D eigenvalue weighted by atomic mass is 19.3. The summed E-state index contributed by atoms with van der Waals surface area (Å²) in [4.78, 5) is 11.6. The van der Waals surface area contributed by atoms with E-state index in [-0.39, 0.29) is 19.1 Å². The second kappa shape index (κ2) is 6.19. The average Bonchev–Trinajstić information content (AvgIpc) is 2.56. The van der Waals surface area contributed by atoms with Crippen molar-refractivity contribution in [3.8, 4) is 0 Å². The van der Waals surface area contributed by atoms with Gasteiger partial charge in [-0.25, -0.2) is 8.78 Å². The molecular weight excluding hydrogens is 232 g/mol. The van der Waals surface area contributed by atoms with Gasteiger partial charge in [-0.1, -0.05) is 0 Å². The molecule has 0 saturated carbocycles. The molecule has 5 nitrogen and oxygen atoms in total. The molecule has 7 heteroatoms. The summed E-state index contributed by atoms with van der Waals surface area (Å²) in [6, 6.07) is 1.54. The first-order valence-corrected chi connectivity index (χ1v) is 5.06. The van der Waals surface area contributed by atoms with E-state index in [2.05, 4.69) is 10.1 Å². The van der Waals surface area contributed by atoms with Crippen molar-refractivity contribution in [1.29, 1.82) is 0 Å². The number of hydrogen-bond donors (Lipinski definition) is 2. The van der Waals surface area contributed by atoms with Gasteiger partial charge in [-0.2, -0.15) is 0 Å². The van der Waals surface area contributed by atoms with Gasteiger partial charge in [-0.05, 0) is 6.07 Å². The number of amides is 1. The van der Waals surface area contributed by atoms with E-state index in [1.54, 1.807) is 17.8 Å². The lowest BCUT2D eigenvalue weighted by Crippen LogP contribution is -2.29. The fourth-order valence-corrected chi connectivity index (χ4v) is 1.32. The Bertz CT molecular complexity index is 380. The Balaban J connectivity index is 2.28. The van der Waals surface area contributed by atoms with Crippen LogP contribution in [-0.2, 0) is 11.8 Å². The zero-order chi connectivity index (χ0) is 12.8. The number of halogens is 2. The van der Waals surface area contributed by atoms with Crippen LogP contribution in [0.5, 0.6) is 0 Å². The molecule has 0 bridgehead atoms. The van der Waals surface area contributed by atoms with Crippen molar-refractivity contribution in [2.75, 3.05) is 25.5 Å². The monoisotopic (exact) mass is 247 g/mol. The number of anilines is 1. The Morgan fingerprint density at radius 1 is 1.65 bits per heavy atom. The molecule has 1 rings (SSSR count). The molecule has 0 aliphatic rings. The normalized spacial score (nSPS) is 10.8. The molecule has 0 radical (unpaired) electrons. The van der Waals surface area contributed by atoms with Crippen LogP contribution in [0.3, 0.4) is 0 Å². The molecule has 0 spiro atoms. The zero-order valence-corrected chi connectivity index (χ0v) is 9.45. The molecule has 1 amide bonds. The molecule has 1 heterocycles. The highest BCUT2D eigenvalue weighted by molar-refractivity contribution is 5.93. The lowest BCUT2D eigenvalue weighted by atomic mass is 10.4. The Labute approximate surface area is 97.5 Å². The summed E-state index contributed by atoms with van der Waals surface area (Å²) in [6.07, 6.45) is -0.874. The number of aromatic nitrogens is 1. The van der Waals surface area contributed by atoms with Gasteiger partial charge in [0.25, 0.3) is 12.3 Å². The van der Waals surface area contributed by atoms with Crippen molar-refractivity contribution < 1.29 is 18.3 Å².